The lowest BCUT2D eigenvalue weighted by molar-refractivity contribution is -0.161. The third-order valence-electron chi connectivity index (χ3n) is 2.26. The SMILES string of the molecule is [2H]c1ccccc1C([2H])C(N)(CN)C(=O)OC(C)(C)C. The van der Waals surface area contributed by atoms with Gasteiger partial charge >= 0.3 is 5.97 Å². The van der Waals surface area contributed by atoms with Crippen molar-refractivity contribution in [2.45, 2.75) is 38.3 Å². The van der Waals surface area contributed by atoms with E-state index in [0.29, 0.717) is 5.56 Å². The predicted octanol–water partition coefficient (Wildman–Crippen LogP) is 1.23. The predicted molar refractivity (Wildman–Crippen MR) is 72.0 cm³/mol. The molecule has 4 heteroatoms. The lowest BCUT2D eigenvalue weighted by Gasteiger charge is -2.30. The number of carbonyl (C=O) groups excluding carboxylic acids is 1. The van der Waals surface area contributed by atoms with Gasteiger partial charge in [0.15, 0.2) is 0 Å². The van der Waals surface area contributed by atoms with Crippen LogP contribution in [0.2, 0.25) is 0 Å². The van der Waals surface area contributed by atoms with Crippen molar-refractivity contribution < 1.29 is 12.3 Å². The van der Waals surface area contributed by atoms with Crippen LogP contribution in [-0.4, -0.2) is 23.7 Å². The van der Waals surface area contributed by atoms with Crippen LogP contribution >= 0.6 is 0 Å². The maximum atomic E-state index is 12.2. The van der Waals surface area contributed by atoms with Crippen molar-refractivity contribution in [1.29, 1.82) is 0 Å². The number of carbonyl (C=O) groups is 1. The van der Waals surface area contributed by atoms with E-state index >= 15 is 0 Å². The highest BCUT2D eigenvalue weighted by Crippen LogP contribution is 2.16. The summed E-state index contributed by atoms with van der Waals surface area (Å²) in [5.74, 6) is -0.726. The van der Waals surface area contributed by atoms with Gasteiger partial charge in [-0.15, -0.1) is 0 Å². The monoisotopic (exact) mass is 252 g/mol. The molecule has 0 heterocycles. The van der Waals surface area contributed by atoms with Crippen LogP contribution in [0.4, 0.5) is 0 Å². The molecule has 0 aromatic heterocycles. The summed E-state index contributed by atoms with van der Waals surface area (Å²) in [7, 11) is 0. The standard InChI is InChI=1S/C14H22N2O2/c1-13(2,3)18-12(17)14(16,10-15)9-11-7-5-4-6-8-11/h4-8H,9-10,15-16H2,1-3H3/i7D,9D. The van der Waals surface area contributed by atoms with Crippen molar-refractivity contribution in [3.05, 3.63) is 35.9 Å². The Bertz CT molecular complexity index is 488. The van der Waals surface area contributed by atoms with Crippen molar-refractivity contribution in [3.8, 4) is 0 Å². The first-order valence-corrected chi connectivity index (χ1v) is 5.82. The summed E-state index contributed by atoms with van der Waals surface area (Å²) in [5, 5.41) is 0. The fourth-order valence-electron chi connectivity index (χ4n) is 1.35. The van der Waals surface area contributed by atoms with Crippen molar-refractivity contribution >= 4 is 5.97 Å². The van der Waals surface area contributed by atoms with Crippen molar-refractivity contribution in [2.75, 3.05) is 6.54 Å². The molecule has 0 aliphatic heterocycles. The molecular weight excluding hydrogens is 228 g/mol. The van der Waals surface area contributed by atoms with Crippen LogP contribution in [0.3, 0.4) is 0 Å². The zero-order valence-corrected chi connectivity index (χ0v) is 11.1. The molecule has 0 saturated heterocycles. The van der Waals surface area contributed by atoms with E-state index in [1.807, 2.05) is 0 Å². The number of hydrogen-bond acceptors (Lipinski definition) is 4. The number of esters is 1. The Morgan fingerprint density at radius 3 is 2.61 bits per heavy atom. The molecule has 4 N–H and O–H groups in total. The minimum atomic E-state index is -1.68. The fourth-order valence-corrected chi connectivity index (χ4v) is 1.35. The van der Waals surface area contributed by atoms with Gasteiger partial charge in [-0.05, 0) is 26.3 Å². The average Bonchev–Trinajstić information content (AvgIpc) is 2.35. The Balaban J connectivity index is 3.10. The summed E-state index contributed by atoms with van der Waals surface area (Å²) < 4.78 is 21.3. The van der Waals surface area contributed by atoms with Crippen LogP contribution in [-0.2, 0) is 15.9 Å². The van der Waals surface area contributed by atoms with Gasteiger partial charge in [0.25, 0.3) is 0 Å². The molecule has 0 spiro atoms. The minimum Gasteiger partial charge on any atom is -0.459 e. The molecule has 2 atom stereocenters. The summed E-state index contributed by atoms with van der Waals surface area (Å²) >= 11 is 0. The topological polar surface area (TPSA) is 78.3 Å². The van der Waals surface area contributed by atoms with Gasteiger partial charge < -0.3 is 16.2 Å². The Hall–Kier alpha value is -1.39. The van der Waals surface area contributed by atoms with E-state index in [1.54, 1.807) is 45.0 Å². The third kappa shape index (κ3) is 4.13. The maximum Gasteiger partial charge on any atom is 0.328 e. The first-order chi connectivity index (χ1) is 9.12. The molecule has 2 unspecified atom stereocenters. The quantitative estimate of drug-likeness (QED) is 0.790. The van der Waals surface area contributed by atoms with Crippen LogP contribution < -0.4 is 11.5 Å². The molecule has 1 aromatic rings. The number of hydrogen-bond donors (Lipinski definition) is 2. The van der Waals surface area contributed by atoms with Crippen molar-refractivity contribution in [1.82, 2.24) is 0 Å². The first kappa shape index (κ1) is 11.7. The van der Waals surface area contributed by atoms with Gasteiger partial charge in [0.1, 0.15) is 11.1 Å². The van der Waals surface area contributed by atoms with Gasteiger partial charge in [-0.2, -0.15) is 0 Å². The second kappa shape index (κ2) is 5.50. The van der Waals surface area contributed by atoms with Gasteiger partial charge in [-0.1, -0.05) is 30.3 Å². The highest BCUT2D eigenvalue weighted by molar-refractivity contribution is 5.81. The van der Waals surface area contributed by atoms with Gasteiger partial charge in [0.2, 0.25) is 0 Å². The van der Waals surface area contributed by atoms with E-state index in [4.69, 9.17) is 18.9 Å². The molecule has 0 amide bonds. The number of rotatable bonds is 4. The van der Waals surface area contributed by atoms with E-state index in [0.717, 1.165) is 0 Å². The van der Waals surface area contributed by atoms with Gasteiger partial charge in [0, 0.05) is 14.3 Å². The first-order valence-electron chi connectivity index (χ1n) is 6.89. The molecule has 0 saturated carbocycles. The number of benzene rings is 1. The lowest BCUT2D eigenvalue weighted by Crippen LogP contribution is -2.57. The smallest absolute Gasteiger partial charge is 0.328 e. The fraction of sp³-hybridized carbons (Fsp3) is 0.500. The van der Waals surface area contributed by atoms with E-state index < -0.39 is 23.5 Å². The van der Waals surface area contributed by atoms with Crippen LogP contribution in [0.25, 0.3) is 0 Å². The third-order valence-corrected chi connectivity index (χ3v) is 2.26. The second-order valence-electron chi connectivity index (χ2n) is 5.21. The molecule has 0 bridgehead atoms. The Labute approximate surface area is 111 Å². The van der Waals surface area contributed by atoms with Gasteiger partial charge in [-0.25, -0.2) is 4.79 Å². The molecule has 100 valence electrons. The lowest BCUT2D eigenvalue weighted by atomic mass is 9.91. The average molecular weight is 252 g/mol. The Morgan fingerprint density at radius 1 is 1.44 bits per heavy atom. The highest BCUT2D eigenvalue weighted by Gasteiger charge is 2.36. The molecule has 0 aliphatic rings. The van der Waals surface area contributed by atoms with Crippen LogP contribution in [0, 0.1) is 0 Å². The summed E-state index contributed by atoms with van der Waals surface area (Å²) in [5.41, 5.74) is 9.60. The van der Waals surface area contributed by atoms with E-state index in [9.17, 15) is 4.79 Å². The summed E-state index contributed by atoms with van der Waals surface area (Å²) in [6.45, 7) is 4.93. The van der Waals surface area contributed by atoms with Gasteiger partial charge in [0.05, 0.1) is 1.37 Å². The van der Waals surface area contributed by atoms with E-state index in [2.05, 4.69) is 0 Å². The molecule has 1 aromatic carbocycles. The summed E-state index contributed by atoms with van der Waals surface area (Å²) in [4.78, 5) is 12.2. The van der Waals surface area contributed by atoms with Crippen molar-refractivity contribution in [2.24, 2.45) is 11.5 Å². The van der Waals surface area contributed by atoms with Crippen LogP contribution in [0.15, 0.2) is 30.3 Å². The highest BCUT2D eigenvalue weighted by atomic mass is 16.6. The molecule has 0 fully saturated rings. The van der Waals surface area contributed by atoms with E-state index in [-0.39, 0.29) is 12.6 Å². The Kier molecular flexibility index (Phi) is 3.57. The molecule has 4 nitrogen and oxygen atoms in total. The normalized spacial score (nSPS) is 18.3. The summed E-state index contributed by atoms with van der Waals surface area (Å²) in [6, 6.07) is 6.68. The van der Waals surface area contributed by atoms with Gasteiger partial charge in [-0.3, -0.25) is 0 Å². The maximum absolute atomic E-state index is 12.2. The number of ether oxygens (including phenoxy) is 1. The molecular formula is C14H22N2O2. The number of nitrogens with two attached hydrogens (primary N) is 2. The van der Waals surface area contributed by atoms with E-state index in [1.165, 1.54) is 0 Å². The largest absolute Gasteiger partial charge is 0.459 e. The molecule has 18 heavy (non-hydrogen) atoms. The van der Waals surface area contributed by atoms with Crippen LogP contribution in [0.1, 0.15) is 29.1 Å². The minimum absolute atomic E-state index is 0.152. The zero-order chi connectivity index (χ0) is 15.6. The molecule has 0 aliphatic carbocycles. The molecule has 0 radical (unpaired) electrons. The zero-order valence-electron chi connectivity index (χ0n) is 13.1. The Morgan fingerprint density at radius 2 is 2.11 bits per heavy atom. The van der Waals surface area contributed by atoms with Crippen molar-refractivity contribution in [3.63, 3.8) is 0 Å². The molecule has 1 rings (SSSR count). The second-order valence-corrected chi connectivity index (χ2v) is 5.21. The van der Waals surface area contributed by atoms with Crippen LogP contribution in [0.5, 0.6) is 0 Å². The summed E-state index contributed by atoms with van der Waals surface area (Å²) in [6.07, 6.45) is -1.16.